The van der Waals surface area contributed by atoms with Gasteiger partial charge in [-0.25, -0.2) is 4.79 Å². The predicted octanol–water partition coefficient (Wildman–Crippen LogP) is 13.9. The SMILES string of the molecule is CCCc1ccc(OC(=O)c2ccc(N=Nc3ccc(N=Nc4ccc(N(C)Nc5cc6c(cc5C)N(CCC)CCC6)c5ccccc45)c4ccccc34)cc2)cc1. The molecule has 0 fully saturated rings. The van der Waals surface area contributed by atoms with Crippen LogP contribution in [0.15, 0.2) is 154 Å². The Bertz CT molecular complexity index is 2670. The van der Waals surface area contributed by atoms with Crippen LogP contribution in [0.3, 0.4) is 0 Å². The number of hydrazine groups is 1. The van der Waals surface area contributed by atoms with Crippen LogP contribution in [0, 0.1) is 6.92 Å². The van der Waals surface area contributed by atoms with E-state index in [9.17, 15) is 4.79 Å². The van der Waals surface area contributed by atoms with Gasteiger partial charge in [-0.3, -0.25) is 10.4 Å². The van der Waals surface area contributed by atoms with Crippen molar-refractivity contribution >= 4 is 67.3 Å². The highest BCUT2D eigenvalue weighted by Gasteiger charge is 2.19. The molecule has 296 valence electrons. The molecule has 0 radical (unpaired) electrons. The van der Waals surface area contributed by atoms with E-state index in [4.69, 9.17) is 15.0 Å². The van der Waals surface area contributed by atoms with Crippen molar-refractivity contribution in [2.24, 2.45) is 20.5 Å². The van der Waals surface area contributed by atoms with Gasteiger partial charge in [0, 0.05) is 47.4 Å². The lowest BCUT2D eigenvalue weighted by atomic mass is 9.98. The summed E-state index contributed by atoms with van der Waals surface area (Å²) >= 11 is 0. The quantitative estimate of drug-likeness (QED) is 0.0544. The standard InChI is InChI=1S/C50H49N7O2/c1-5-12-35-18-24-39(25-19-35)59-50(58)36-20-22-38(23-21-36)51-52-44-26-27-45(41-15-8-7-14-40(41)44)53-54-46-28-29-48(43-17-10-9-16-42(43)46)56(4)55-47-33-37-13-11-31-57(30-6-2)49(37)32-34(47)3/h7-10,14-29,32-33,55H,5-6,11-13,30-31H2,1-4H3. The van der Waals surface area contributed by atoms with Gasteiger partial charge in [0.15, 0.2) is 0 Å². The number of fused-ring (bicyclic) bond motifs is 3. The Kier molecular flexibility index (Phi) is 11.7. The van der Waals surface area contributed by atoms with E-state index in [0.717, 1.165) is 83.1 Å². The normalized spacial score (nSPS) is 12.7. The van der Waals surface area contributed by atoms with Gasteiger partial charge in [-0.1, -0.05) is 80.9 Å². The number of carbonyl (C=O) groups excluding carboxylic acids is 1. The molecule has 0 unspecified atom stereocenters. The Morgan fingerprint density at radius 2 is 1.32 bits per heavy atom. The van der Waals surface area contributed by atoms with E-state index in [-0.39, 0.29) is 0 Å². The number of nitrogens with one attached hydrogen (secondary N) is 1. The van der Waals surface area contributed by atoms with Crippen molar-refractivity contribution in [1.29, 1.82) is 0 Å². The maximum absolute atomic E-state index is 12.8. The minimum absolute atomic E-state index is 0.421. The Hall–Kier alpha value is -6.87. The zero-order chi connectivity index (χ0) is 40.7. The molecule has 0 bridgehead atoms. The molecule has 1 aliphatic rings. The Balaban J connectivity index is 0.984. The number of benzene rings is 7. The molecule has 59 heavy (non-hydrogen) atoms. The Labute approximate surface area is 346 Å². The lowest BCUT2D eigenvalue weighted by molar-refractivity contribution is 0.0734. The number of carbonyl (C=O) groups is 1. The molecule has 0 aromatic heterocycles. The molecule has 0 spiro atoms. The second-order valence-electron chi connectivity index (χ2n) is 15.1. The minimum atomic E-state index is -0.421. The topological polar surface area (TPSA) is 94.2 Å². The van der Waals surface area contributed by atoms with Crippen molar-refractivity contribution in [2.75, 3.05) is 35.5 Å². The third-order valence-electron chi connectivity index (χ3n) is 10.9. The molecule has 7 aromatic carbocycles. The minimum Gasteiger partial charge on any atom is -0.423 e. The molecule has 7 aromatic rings. The van der Waals surface area contributed by atoms with Crippen molar-refractivity contribution in [1.82, 2.24) is 0 Å². The van der Waals surface area contributed by atoms with Gasteiger partial charge in [0.1, 0.15) is 5.75 Å². The molecule has 8 rings (SSSR count). The summed E-state index contributed by atoms with van der Waals surface area (Å²) in [7, 11) is 2.07. The molecule has 0 amide bonds. The van der Waals surface area contributed by atoms with Crippen LogP contribution < -0.4 is 20.1 Å². The van der Waals surface area contributed by atoms with Gasteiger partial charge >= 0.3 is 5.97 Å². The molecule has 9 heteroatoms. The highest BCUT2D eigenvalue weighted by molar-refractivity contribution is 6.02. The third kappa shape index (κ3) is 8.70. The van der Waals surface area contributed by atoms with Gasteiger partial charge in [-0.2, -0.15) is 5.11 Å². The first-order valence-corrected chi connectivity index (χ1v) is 20.6. The van der Waals surface area contributed by atoms with Crippen molar-refractivity contribution in [3.63, 3.8) is 0 Å². The van der Waals surface area contributed by atoms with Crippen LogP contribution in [-0.2, 0) is 12.8 Å². The summed E-state index contributed by atoms with van der Waals surface area (Å²) in [4.78, 5) is 15.3. The molecule has 0 atom stereocenters. The third-order valence-corrected chi connectivity index (χ3v) is 10.9. The van der Waals surface area contributed by atoms with E-state index >= 15 is 0 Å². The highest BCUT2D eigenvalue weighted by Crippen LogP contribution is 2.39. The number of anilines is 3. The van der Waals surface area contributed by atoms with E-state index in [1.807, 2.05) is 72.8 Å². The summed E-state index contributed by atoms with van der Waals surface area (Å²) in [6.45, 7) is 8.80. The van der Waals surface area contributed by atoms with Crippen molar-refractivity contribution in [3.05, 3.63) is 156 Å². The van der Waals surface area contributed by atoms with Gasteiger partial charge in [-0.15, -0.1) is 15.3 Å². The first kappa shape index (κ1) is 39.0. The van der Waals surface area contributed by atoms with Crippen LogP contribution in [0.4, 0.5) is 39.8 Å². The van der Waals surface area contributed by atoms with Crippen LogP contribution in [0.2, 0.25) is 0 Å². The molecule has 1 heterocycles. The van der Waals surface area contributed by atoms with E-state index in [1.165, 1.54) is 28.8 Å². The zero-order valence-electron chi connectivity index (χ0n) is 34.2. The second-order valence-corrected chi connectivity index (χ2v) is 15.1. The van der Waals surface area contributed by atoms with E-state index in [2.05, 4.69) is 89.8 Å². The fourth-order valence-electron chi connectivity index (χ4n) is 7.83. The van der Waals surface area contributed by atoms with E-state index in [0.29, 0.717) is 22.7 Å². The summed E-state index contributed by atoms with van der Waals surface area (Å²) in [6.07, 6.45) is 5.50. The number of nitrogens with zero attached hydrogens (tertiary/aromatic N) is 6. The maximum atomic E-state index is 12.8. The van der Waals surface area contributed by atoms with Gasteiger partial charge < -0.3 is 9.64 Å². The molecule has 1 N–H and O–H groups in total. The van der Waals surface area contributed by atoms with Crippen molar-refractivity contribution < 1.29 is 9.53 Å². The predicted molar refractivity (Wildman–Crippen MR) is 242 cm³/mol. The number of azo groups is 2. The number of rotatable bonds is 13. The van der Waals surface area contributed by atoms with Crippen molar-refractivity contribution in [2.45, 2.75) is 52.9 Å². The molecule has 0 aliphatic carbocycles. The molecular weight excluding hydrogens is 731 g/mol. The Morgan fingerprint density at radius 1 is 0.712 bits per heavy atom. The fraction of sp³-hybridized carbons (Fsp3) is 0.220. The second kappa shape index (κ2) is 17.7. The number of aryl methyl sites for hydroxylation is 3. The number of hydrogen-bond acceptors (Lipinski definition) is 9. The summed E-state index contributed by atoms with van der Waals surface area (Å²) in [5, 5.41) is 24.6. The molecule has 0 saturated heterocycles. The van der Waals surface area contributed by atoms with E-state index < -0.39 is 5.97 Å². The fourth-order valence-corrected chi connectivity index (χ4v) is 7.83. The molecule has 0 saturated carbocycles. The first-order chi connectivity index (χ1) is 28.9. The van der Waals surface area contributed by atoms with Gasteiger partial charge in [0.25, 0.3) is 0 Å². The highest BCUT2D eigenvalue weighted by atomic mass is 16.5. The van der Waals surface area contributed by atoms with Crippen LogP contribution >= 0.6 is 0 Å². The van der Waals surface area contributed by atoms with Gasteiger partial charge in [0.2, 0.25) is 0 Å². The molecule has 9 nitrogen and oxygen atoms in total. The Morgan fingerprint density at radius 3 is 1.97 bits per heavy atom. The molecule has 1 aliphatic heterocycles. The first-order valence-electron chi connectivity index (χ1n) is 20.6. The van der Waals surface area contributed by atoms with Gasteiger partial charge in [-0.05, 0) is 122 Å². The number of esters is 1. The smallest absolute Gasteiger partial charge is 0.343 e. The zero-order valence-corrected chi connectivity index (χ0v) is 34.2. The largest absolute Gasteiger partial charge is 0.423 e. The summed E-state index contributed by atoms with van der Waals surface area (Å²) in [5.41, 5.74) is 14.3. The summed E-state index contributed by atoms with van der Waals surface area (Å²) in [5.74, 6) is 0.0990. The lowest BCUT2D eigenvalue weighted by Gasteiger charge is -2.33. The van der Waals surface area contributed by atoms with E-state index in [1.54, 1.807) is 24.3 Å². The van der Waals surface area contributed by atoms with Crippen LogP contribution in [0.25, 0.3) is 21.5 Å². The van der Waals surface area contributed by atoms with Crippen molar-refractivity contribution in [3.8, 4) is 5.75 Å². The van der Waals surface area contributed by atoms with Crippen LogP contribution in [0.1, 0.15) is 60.2 Å². The average Bonchev–Trinajstić information content (AvgIpc) is 3.26. The molecular formula is C50H49N7O2. The monoisotopic (exact) mass is 779 g/mol. The number of ether oxygens (including phenoxy) is 1. The summed E-state index contributed by atoms with van der Waals surface area (Å²) < 4.78 is 5.58. The average molecular weight is 780 g/mol. The number of hydrogen-bond donors (Lipinski definition) is 1. The van der Waals surface area contributed by atoms with Crippen LogP contribution in [0.5, 0.6) is 5.75 Å². The summed E-state index contributed by atoms with van der Waals surface area (Å²) in [6, 6.07) is 43.5. The van der Waals surface area contributed by atoms with Gasteiger partial charge in [0.05, 0.1) is 39.7 Å². The van der Waals surface area contributed by atoms with Crippen LogP contribution in [-0.4, -0.2) is 26.1 Å². The maximum Gasteiger partial charge on any atom is 0.343 e. The lowest BCUT2D eigenvalue weighted by Crippen LogP contribution is -2.31.